The molecule has 1 aromatic carbocycles. The lowest BCUT2D eigenvalue weighted by Crippen LogP contribution is -2.61. The Morgan fingerprint density at radius 1 is 1.29 bits per heavy atom. The van der Waals surface area contributed by atoms with Crippen LogP contribution < -0.4 is 0 Å². The maximum atomic E-state index is 9.96. The number of aryl methyl sites for hydroxylation is 1. The van der Waals surface area contributed by atoms with Crippen molar-refractivity contribution in [1.29, 1.82) is 0 Å². The molecule has 0 aliphatic carbocycles. The molecule has 116 valence electrons. The van der Waals surface area contributed by atoms with Gasteiger partial charge in [0.1, 0.15) is 0 Å². The van der Waals surface area contributed by atoms with Crippen LogP contribution in [0.3, 0.4) is 0 Å². The highest BCUT2D eigenvalue weighted by Crippen LogP contribution is 2.41. The molecule has 2 aliphatic heterocycles. The number of likely N-dealkylation sites (N-methyl/N-ethyl adjacent to an activating group) is 1. The van der Waals surface area contributed by atoms with Gasteiger partial charge in [0.15, 0.2) is 0 Å². The van der Waals surface area contributed by atoms with Gasteiger partial charge in [0.25, 0.3) is 0 Å². The molecule has 2 fully saturated rings. The first-order chi connectivity index (χ1) is 10.1. The van der Waals surface area contributed by atoms with Crippen LogP contribution in [0.25, 0.3) is 0 Å². The number of benzene rings is 1. The quantitative estimate of drug-likeness (QED) is 0.924. The van der Waals surface area contributed by atoms with E-state index in [0.717, 1.165) is 26.1 Å². The average Bonchev–Trinajstić information content (AvgIpc) is 2.48. The standard InChI is InChI=1S/C18H28N2O/c1-15-5-3-6-16(11-15)12-20-10-8-18(14-21)7-4-9-19(2)17(18)13-20/h3,5-6,11,17,21H,4,7-10,12-14H2,1-2H3/t17-,18-/m1/s1. The minimum atomic E-state index is 0.149. The maximum Gasteiger partial charge on any atom is 0.0503 e. The van der Waals surface area contributed by atoms with Crippen LogP contribution in [0.5, 0.6) is 0 Å². The first-order valence-electron chi connectivity index (χ1n) is 8.22. The fourth-order valence-electron chi connectivity index (χ4n) is 4.29. The number of hydrogen-bond acceptors (Lipinski definition) is 3. The first-order valence-corrected chi connectivity index (χ1v) is 8.22. The van der Waals surface area contributed by atoms with Crippen LogP contribution in [0.15, 0.2) is 24.3 Å². The van der Waals surface area contributed by atoms with E-state index in [1.54, 1.807) is 0 Å². The molecule has 2 atom stereocenters. The van der Waals surface area contributed by atoms with E-state index >= 15 is 0 Å². The van der Waals surface area contributed by atoms with E-state index in [0.29, 0.717) is 12.6 Å². The van der Waals surface area contributed by atoms with Crippen LogP contribution in [-0.4, -0.2) is 54.2 Å². The summed E-state index contributed by atoms with van der Waals surface area (Å²) in [4.78, 5) is 5.04. The Labute approximate surface area is 128 Å². The third-order valence-corrected chi connectivity index (χ3v) is 5.59. The van der Waals surface area contributed by atoms with Crippen LogP contribution >= 0.6 is 0 Å². The molecule has 3 rings (SSSR count). The zero-order valence-corrected chi connectivity index (χ0v) is 13.4. The number of aliphatic hydroxyl groups excluding tert-OH is 1. The van der Waals surface area contributed by atoms with Gasteiger partial charge in [0.05, 0.1) is 6.61 Å². The number of hydrogen-bond donors (Lipinski definition) is 1. The Balaban J connectivity index is 1.71. The third kappa shape index (κ3) is 3.01. The van der Waals surface area contributed by atoms with Gasteiger partial charge < -0.3 is 10.0 Å². The summed E-state index contributed by atoms with van der Waals surface area (Å²) in [5, 5.41) is 9.96. The van der Waals surface area contributed by atoms with E-state index in [1.165, 1.54) is 30.5 Å². The summed E-state index contributed by atoms with van der Waals surface area (Å²) in [5.74, 6) is 0. The van der Waals surface area contributed by atoms with Gasteiger partial charge in [-0.05, 0) is 51.9 Å². The fourth-order valence-corrected chi connectivity index (χ4v) is 4.29. The van der Waals surface area contributed by atoms with Gasteiger partial charge in [-0.25, -0.2) is 0 Å². The minimum absolute atomic E-state index is 0.149. The van der Waals surface area contributed by atoms with Gasteiger partial charge in [-0.2, -0.15) is 0 Å². The topological polar surface area (TPSA) is 26.7 Å². The summed E-state index contributed by atoms with van der Waals surface area (Å²) in [6, 6.07) is 9.34. The second-order valence-electron chi connectivity index (χ2n) is 7.09. The lowest BCUT2D eigenvalue weighted by molar-refractivity contribution is -0.0684. The van der Waals surface area contributed by atoms with Crippen molar-refractivity contribution in [3.63, 3.8) is 0 Å². The van der Waals surface area contributed by atoms with Crippen molar-refractivity contribution in [2.75, 3.05) is 33.3 Å². The normalized spacial score (nSPS) is 31.1. The Morgan fingerprint density at radius 2 is 2.14 bits per heavy atom. The zero-order chi connectivity index (χ0) is 14.9. The molecule has 0 unspecified atom stereocenters. The second kappa shape index (κ2) is 6.07. The molecule has 0 amide bonds. The first kappa shape index (κ1) is 15.0. The van der Waals surface area contributed by atoms with Crippen molar-refractivity contribution in [3.8, 4) is 0 Å². The molecule has 3 heteroatoms. The van der Waals surface area contributed by atoms with Crippen LogP contribution in [0.2, 0.25) is 0 Å². The number of fused-ring (bicyclic) bond motifs is 1. The smallest absolute Gasteiger partial charge is 0.0503 e. The van der Waals surface area contributed by atoms with Crippen molar-refractivity contribution in [2.45, 2.75) is 38.8 Å². The number of likely N-dealkylation sites (tertiary alicyclic amines) is 2. The molecule has 3 nitrogen and oxygen atoms in total. The molecule has 2 aliphatic rings. The van der Waals surface area contributed by atoms with Crippen molar-refractivity contribution < 1.29 is 5.11 Å². The van der Waals surface area contributed by atoms with E-state index < -0.39 is 0 Å². The molecule has 0 saturated carbocycles. The average molecular weight is 288 g/mol. The number of aliphatic hydroxyl groups is 1. The van der Waals surface area contributed by atoms with Gasteiger partial charge in [-0.3, -0.25) is 4.90 Å². The van der Waals surface area contributed by atoms with Crippen molar-refractivity contribution >= 4 is 0 Å². The molecule has 0 spiro atoms. The summed E-state index contributed by atoms with van der Waals surface area (Å²) >= 11 is 0. The van der Waals surface area contributed by atoms with Crippen LogP contribution in [-0.2, 0) is 6.54 Å². The maximum absolute atomic E-state index is 9.96. The predicted molar refractivity (Wildman–Crippen MR) is 86.2 cm³/mol. The van der Waals surface area contributed by atoms with Gasteiger partial charge >= 0.3 is 0 Å². The van der Waals surface area contributed by atoms with E-state index in [2.05, 4.69) is 48.0 Å². The van der Waals surface area contributed by atoms with E-state index in [-0.39, 0.29) is 5.41 Å². The third-order valence-electron chi connectivity index (χ3n) is 5.59. The fraction of sp³-hybridized carbons (Fsp3) is 0.667. The van der Waals surface area contributed by atoms with Crippen molar-refractivity contribution in [1.82, 2.24) is 9.80 Å². The molecule has 2 heterocycles. The highest BCUT2D eigenvalue weighted by Gasteiger charge is 2.46. The predicted octanol–water partition coefficient (Wildman–Crippen LogP) is 2.27. The molecule has 21 heavy (non-hydrogen) atoms. The van der Waals surface area contributed by atoms with Gasteiger partial charge in [-0.15, -0.1) is 0 Å². The highest BCUT2D eigenvalue weighted by molar-refractivity contribution is 5.22. The molecule has 0 radical (unpaired) electrons. The lowest BCUT2D eigenvalue weighted by atomic mass is 9.69. The number of rotatable bonds is 3. The van der Waals surface area contributed by atoms with Crippen LogP contribution in [0.1, 0.15) is 30.4 Å². The highest BCUT2D eigenvalue weighted by atomic mass is 16.3. The molecule has 1 N–H and O–H groups in total. The summed E-state index contributed by atoms with van der Waals surface area (Å²) in [7, 11) is 2.23. The molecular weight excluding hydrogens is 260 g/mol. The van der Waals surface area contributed by atoms with Crippen LogP contribution in [0.4, 0.5) is 0 Å². The molecular formula is C18H28N2O. The number of piperidine rings is 2. The Kier molecular flexibility index (Phi) is 4.34. The summed E-state index contributed by atoms with van der Waals surface area (Å²) in [6.45, 7) is 6.91. The Bertz CT molecular complexity index is 490. The molecule has 0 aromatic heterocycles. The summed E-state index contributed by atoms with van der Waals surface area (Å²) < 4.78 is 0. The van der Waals surface area contributed by atoms with Gasteiger partial charge in [0, 0.05) is 24.5 Å². The number of nitrogens with zero attached hydrogens (tertiary/aromatic N) is 2. The van der Waals surface area contributed by atoms with Crippen molar-refractivity contribution in [2.24, 2.45) is 5.41 Å². The minimum Gasteiger partial charge on any atom is -0.396 e. The van der Waals surface area contributed by atoms with Crippen molar-refractivity contribution in [3.05, 3.63) is 35.4 Å². The zero-order valence-electron chi connectivity index (χ0n) is 13.4. The van der Waals surface area contributed by atoms with Gasteiger partial charge in [0.2, 0.25) is 0 Å². The molecule has 1 aromatic rings. The summed E-state index contributed by atoms with van der Waals surface area (Å²) in [5.41, 5.74) is 2.89. The second-order valence-corrected chi connectivity index (χ2v) is 7.09. The SMILES string of the molecule is Cc1cccc(CN2CC[C@@]3(CO)CCCN(C)[C@@H]3C2)c1. The Morgan fingerprint density at radius 3 is 2.90 bits per heavy atom. The molecule has 0 bridgehead atoms. The van der Waals surface area contributed by atoms with E-state index in [4.69, 9.17) is 0 Å². The molecule has 2 saturated heterocycles. The van der Waals surface area contributed by atoms with E-state index in [1.807, 2.05) is 0 Å². The van der Waals surface area contributed by atoms with Crippen LogP contribution in [0, 0.1) is 12.3 Å². The lowest BCUT2D eigenvalue weighted by Gasteiger charge is -2.53. The summed E-state index contributed by atoms with van der Waals surface area (Å²) in [6.07, 6.45) is 3.55. The largest absolute Gasteiger partial charge is 0.396 e. The van der Waals surface area contributed by atoms with Gasteiger partial charge in [-0.1, -0.05) is 29.8 Å². The monoisotopic (exact) mass is 288 g/mol. The Hall–Kier alpha value is -0.900. The van der Waals surface area contributed by atoms with E-state index in [9.17, 15) is 5.11 Å².